The van der Waals surface area contributed by atoms with Crippen LogP contribution >= 0.6 is 12.4 Å². The van der Waals surface area contributed by atoms with Crippen LogP contribution in [0.5, 0.6) is 0 Å². The first-order chi connectivity index (χ1) is 3.81. The molecule has 0 spiro atoms. The van der Waals surface area contributed by atoms with Gasteiger partial charge < -0.3 is 5.73 Å². The normalized spacial score (nSPS) is 17.4. The largest absolute Gasteiger partial charge is 0.423 e. The van der Waals surface area contributed by atoms with Crippen LogP contribution in [0.15, 0.2) is 0 Å². The van der Waals surface area contributed by atoms with Gasteiger partial charge in [0.1, 0.15) is 0 Å². The highest BCUT2D eigenvalue weighted by molar-refractivity contribution is 5.85. The van der Waals surface area contributed by atoms with Crippen LogP contribution in [0.1, 0.15) is 6.92 Å². The smallest absolute Gasteiger partial charge is 0.327 e. The first kappa shape index (κ1) is 12.6. The van der Waals surface area contributed by atoms with E-state index in [1.54, 1.807) is 0 Å². The van der Waals surface area contributed by atoms with Crippen molar-refractivity contribution < 1.29 is 17.6 Å². The molecule has 0 aliphatic rings. The van der Waals surface area contributed by atoms with Crippen LogP contribution in [0.3, 0.4) is 0 Å². The molecule has 1 unspecified atom stereocenters. The molecule has 0 bridgehead atoms. The molecule has 1 nitrogen and oxygen atoms in total. The SMILES string of the molecule is CC(F)(CN)C(F)(F)F.Cl. The molecule has 0 aromatic carbocycles. The van der Waals surface area contributed by atoms with Crippen LogP contribution in [0.25, 0.3) is 0 Å². The third-order valence-corrected chi connectivity index (χ3v) is 0.974. The van der Waals surface area contributed by atoms with Gasteiger partial charge in [-0.25, -0.2) is 4.39 Å². The standard InChI is InChI=1S/C4H7F4N.ClH/c1-3(5,2-9)4(6,7)8;/h2,9H2,1H3;1H. The van der Waals surface area contributed by atoms with Gasteiger partial charge in [0.15, 0.2) is 0 Å². The maximum absolute atomic E-state index is 12.1. The lowest BCUT2D eigenvalue weighted by atomic mass is 10.1. The molecule has 0 aliphatic carbocycles. The van der Waals surface area contributed by atoms with E-state index < -0.39 is 18.4 Å². The molecule has 0 rings (SSSR count). The van der Waals surface area contributed by atoms with Gasteiger partial charge in [-0.2, -0.15) is 13.2 Å². The topological polar surface area (TPSA) is 26.0 Å². The first-order valence-electron chi connectivity index (χ1n) is 2.27. The monoisotopic (exact) mass is 181 g/mol. The van der Waals surface area contributed by atoms with Crippen molar-refractivity contribution in [1.82, 2.24) is 0 Å². The molecule has 10 heavy (non-hydrogen) atoms. The van der Waals surface area contributed by atoms with Crippen molar-refractivity contribution >= 4 is 12.4 Å². The van der Waals surface area contributed by atoms with Gasteiger partial charge in [0.25, 0.3) is 0 Å². The molecule has 0 radical (unpaired) electrons. The van der Waals surface area contributed by atoms with E-state index in [0.717, 1.165) is 0 Å². The van der Waals surface area contributed by atoms with Gasteiger partial charge >= 0.3 is 6.18 Å². The Morgan fingerprint density at radius 1 is 1.20 bits per heavy atom. The Balaban J connectivity index is 0. The number of halogens is 5. The first-order valence-corrected chi connectivity index (χ1v) is 2.27. The molecule has 0 saturated carbocycles. The quantitative estimate of drug-likeness (QED) is 0.612. The Morgan fingerprint density at radius 2 is 1.50 bits per heavy atom. The Labute approximate surface area is 62.0 Å². The Bertz CT molecular complexity index is 99.9. The van der Waals surface area contributed by atoms with E-state index in [1.165, 1.54) is 0 Å². The molecule has 0 fully saturated rings. The summed E-state index contributed by atoms with van der Waals surface area (Å²) in [5.41, 5.74) is 1.25. The minimum atomic E-state index is -4.85. The predicted molar refractivity (Wildman–Crippen MR) is 31.9 cm³/mol. The van der Waals surface area contributed by atoms with Crippen molar-refractivity contribution in [1.29, 1.82) is 0 Å². The zero-order valence-electron chi connectivity index (χ0n) is 5.20. The molecule has 2 N–H and O–H groups in total. The van der Waals surface area contributed by atoms with Crippen LogP contribution in [0.2, 0.25) is 0 Å². The zero-order valence-corrected chi connectivity index (χ0v) is 6.02. The van der Waals surface area contributed by atoms with Gasteiger partial charge in [-0.05, 0) is 6.92 Å². The van der Waals surface area contributed by atoms with E-state index in [0.29, 0.717) is 6.92 Å². The fraction of sp³-hybridized carbons (Fsp3) is 1.00. The Morgan fingerprint density at radius 3 is 1.50 bits per heavy atom. The lowest BCUT2D eigenvalue weighted by molar-refractivity contribution is -0.219. The number of hydrogen-bond acceptors (Lipinski definition) is 1. The summed E-state index contributed by atoms with van der Waals surface area (Å²) in [4.78, 5) is 0. The van der Waals surface area contributed by atoms with Gasteiger partial charge in [0.2, 0.25) is 5.67 Å². The van der Waals surface area contributed by atoms with Gasteiger partial charge in [-0.15, -0.1) is 12.4 Å². The summed E-state index contributed by atoms with van der Waals surface area (Å²) in [5, 5.41) is 0. The van der Waals surface area contributed by atoms with E-state index in [1.807, 2.05) is 0 Å². The molecular weight excluding hydrogens is 173 g/mol. The van der Waals surface area contributed by atoms with Gasteiger partial charge in [-0.1, -0.05) is 0 Å². The summed E-state index contributed by atoms with van der Waals surface area (Å²) < 4.78 is 46.2. The fourth-order valence-electron chi connectivity index (χ4n) is 0.116. The van der Waals surface area contributed by atoms with Crippen molar-refractivity contribution in [3.8, 4) is 0 Å². The molecule has 0 aromatic heterocycles. The molecule has 0 amide bonds. The van der Waals surface area contributed by atoms with Gasteiger partial charge in [-0.3, -0.25) is 0 Å². The molecule has 0 aromatic rings. The van der Waals surface area contributed by atoms with E-state index >= 15 is 0 Å². The molecule has 1 atom stereocenters. The van der Waals surface area contributed by atoms with Crippen LogP contribution in [-0.4, -0.2) is 18.4 Å². The lowest BCUT2D eigenvalue weighted by Crippen LogP contribution is -2.44. The number of hydrogen-bond donors (Lipinski definition) is 1. The van der Waals surface area contributed by atoms with Crippen LogP contribution in [0, 0.1) is 0 Å². The molecule has 64 valence electrons. The summed E-state index contributed by atoms with van der Waals surface area (Å²) in [6.07, 6.45) is -4.85. The van der Waals surface area contributed by atoms with Crippen molar-refractivity contribution in [2.24, 2.45) is 5.73 Å². The summed E-state index contributed by atoms with van der Waals surface area (Å²) in [6, 6.07) is 0. The molecule has 0 aliphatic heterocycles. The van der Waals surface area contributed by atoms with E-state index in [4.69, 9.17) is 0 Å². The van der Waals surface area contributed by atoms with E-state index in [9.17, 15) is 17.6 Å². The Kier molecular flexibility index (Phi) is 4.28. The number of rotatable bonds is 1. The van der Waals surface area contributed by atoms with Gasteiger partial charge in [0, 0.05) is 6.54 Å². The predicted octanol–water partition coefficient (Wildman–Crippen LogP) is 1.66. The van der Waals surface area contributed by atoms with Crippen LogP contribution in [0.4, 0.5) is 17.6 Å². The molecular formula is C4H8ClF4N. The maximum atomic E-state index is 12.1. The highest BCUT2D eigenvalue weighted by Crippen LogP contribution is 2.32. The summed E-state index contributed by atoms with van der Waals surface area (Å²) >= 11 is 0. The second-order valence-corrected chi connectivity index (χ2v) is 1.90. The summed E-state index contributed by atoms with van der Waals surface area (Å²) in [7, 11) is 0. The lowest BCUT2D eigenvalue weighted by Gasteiger charge is -2.20. The third kappa shape index (κ3) is 2.70. The highest BCUT2D eigenvalue weighted by Gasteiger charge is 2.50. The van der Waals surface area contributed by atoms with E-state index in [2.05, 4.69) is 5.73 Å². The van der Waals surface area contributed by atoms with Crippen molar-refractivity contribution in [2.45, 2.75) is 18.8 Å². The fourth-order valence-corrected chi connectivity index (χ4v) is 0.116. The van der Waals surface area contributed by atoms with Crippen molar-refractivity contribution in [3.05, 3.63) is 0 Å². The zero-order chi connectivity index (χ0) is 7.71. The average molecular weight is 182 g/mol. The summed E-state index contributed by atoms with van der Waals surface area (Å²) in [6.45, 7) is -0.622. The number of nitrogens with two attached hydrogens (primary N) is 1. The van der Waals surface area contributed by atoms with Crippen LogP contribution < -0.4 is 5.73 Å². The van der Waals surface area contributed by atoms with E-state index in [-0.39, 0.29) is 12.4 Å². The van der Waals surface area contributed by atoms with Crippen molar-refractivity contribution in [2.75, 3.05) is 6.54 Å². The number of alkyl halides is 4. The molecule has 0 heterocycles. The molecule has 0 saturated heterocycles. The molecule has 6 heteroatoms. The second kappa shape index (κ2) is 3.39. The minimum absolute atomic E-state index is 0. The second-order valence-electron chi connectivity index (χ2n) is 1.90. The van der Waals surface area contributed by atoms with Crippen LogP contribution in [-0.2, 0) is 0 Å². The van der Waals surface area contributed by atoms with Gasteiger partial charge in [0.05, 0.1) is 0 Å². The Hall–Kier alpha value is -0.0300. The average Bonchev–Trinajstić information content (AvgIpc) is 1.64. The third-order valence-electron chi connectivity index (χ3n) is 0.974. The minimum Gasteiger partial charge on any atom is -0.327 e. The highest BCUT2D eigenvalue weighted by atomic mass is 35.5. The maximum Gasteiger partial charge on any atom is 0.423 e. The van der Waals surface area contributed by atoms with Crippen molar-refractivity contribution in [3.63, 3.8) is 0 Å². The summed E-state index contributed by atoms with van der Waals surface area (Å²) in [5.74, 6) is 0.